The van der Waals surface area contributed by atoms with Gasteiger partial charge in [-0.1, -0.05) is 66.7 Å². The maximum atomic E-state index is 13.4. The Labute approximate surface area is 228 Å². The van der Waals surface area contributed by atoms with Gasteiger partial charge in [0.25, 0.3) is 5.91 Å². The molecule has 0 unspecified atom stereocenters. The van der Waals surface area contributed by atoms with Gasteiger partial charge in [0.15, 0.2) is 0 Å². The normalized spacial score (nSPS) is 12.2. The number of nitrogen functional groups attached to an aromatic ring is 1. The fourth-order valence-corrected chi connectivity index (χ4v) is 4.60. The van der Waals surface area contributed by atoms with E-state index < -0.39 is 17.9 Å². The maximum Gasteiger partial charge on any atom is 0.311 e. The first-order valence-corrected chi connectivity index (χ1v) is 12.8. The summed E-state index contributed by atoms with van der Waals surface area (Å²) in [6.07, 6.45) is 5.03. The van der Waals surface area contributed by atoms with E-state index in [1.165, 1.54) is 7.11 Å². The average molecular weight is 521 g/mol. The second kappa shape index (κ2) is 13.1. The van der Waals surface area contributed by atoms with Gasteiger partial charge in [-0.2, -0.15) is 0 Å². The topological polar surface area (TPSA) is 118 Å². The zero-order valence-electron chi connectivity index (χ0n) is 21.8. The van der Waals surface area contributed by atoms with Crippen LogP contribution >= 0.6 is 0 Å². The Kier molecular flexibility index (Phi) is 9.19. The van der Waals surface area contributed by atoms with E-state index in [0.717, 1.165) is 22.3 Å². The lowest BCUT2D eigenvalue weighted by Gasteiger charge is -2.27. The molecule has 1 heterocycles. The third kappa shape index (κ3) is 7.38. The number of nitrogens with one attached hydrogen (secondary N) is 2. The van der Waals surface area contributed by atoms with Crippen LogP contribution in [-0.2, 0) is 22.4 Å². The van der Waals surface area contributed by atoms with Crippen molar-refractivity contribution in [2.45, 2.75) is 25.3 Å². The van der Waals surface area contributed by atoms with Crippen LogP contribution in [0.5, 0.6) is 0 Å². The Morgan fingerprint density at radius 1 is 0.897 bits per heavy atom. The van der Waals surface area contributed by atoms with E-state index in [1.807, 2.05) is 66.7 Å². The quantitative estimate of drug-likeness (QED) is 0.149. The number of esters is 1. The SMILES string of the molecule is COC(=O)[C@H](Cc1cccc(C(=N)N)c1)[C@@H](CCc1ccccc1)NC(=O)c1ccc(-c2cccnc2)cc1. The molecule has 7 nitrogen and oxygen atoms in total. The number of amidine groups is 1. The highest BCUT2D eigenvalue weighted by atomic mass is 16.5. The second-order valence-electron chi connectivity index (χ2n) is 9.37. The molecule has 198 valence electrons. The van der Waals surface area contributed by atoms with Crippen molar-refractivity contribution in [2.24, 2.45) is 11.7 Å². The van der Waals surface area contributed by atoms with E-state index in [1.54, 1.807) is 36.7 Å². The number of hydrogen-bond donors (Lipinski definition) is 3. The van der Waals surface area contributed by atoms with Gasteiger partial charge in [-0.05, 0) is 65.8 Å². The summed E-state index contributed by atoms with van der Waals surface area (Å²) in [4.78, 5) is 30.6. The summed E-state index contributed by atoms with van der Waals surface area (Å²) in [7, 11) is 1.36. The molecule has 0 bridgehead atoms. The molecule has 0 saturated heterocycles. The lowest BCUT2D eigenvalue weighted by Crippen LogP contribution is -2.45. The first-order chi connectivity index (χ1) is 18.9. The van der Waals surface area contributed by atoms with Crippen molar-refractivity contribution in [1.29, 1.82) is 5.41 Å². The summed E-state index contributed by atoms with van der Waals surface area (Å²) in [6.45, 7) is 0. The van der Waals surface area contributed by atoms with Crippen LogP contribution in [0.4, 0.5) is 0 Å². The van der Waals surface area contributed by atoms with Gasteiger partial charge in [0.2, 0.25) is 0 Å². The molecule has 0 spiro atoms. The van der Waals surface area contributed by atoms with Crippen LogP contribution in [0.2, 0.25) is 0 Å². The van der Waals surface area contributed by atoms with E-state index in [2.05, 4.69) is 10.3 Å². The monoisotopic (exact) mass is 520 g/mol. The molecule has 4 N–H and O–H groups in total. The van der Waals surface area contributed by atoms with E-state index in [-0.39, 0.29) is 11.7 Å². The number of amides is 1. The van der Waals surface area contributed by atoms with Crippen LogP contribution in [0.15, 0.2) is 103 Å². The van der Waals surface area contributed by atoms with Gasteiger partial charge in [0, 0.05) is 29.6 Å². The largest absolute Gasteiger partial charge is 0.469 e. The van der Waals surface area contributed by atoms with Crippen LogP contribution in [0.1, 0.15) is 33.5 Å². The Hall–Kier alpha value is -4.78. The molecular weight excluding hydrogens is 488 g/mol. The van der Waals surface area contributed by atoms with E-state index in [9.17, 15) is 9.59 Å². The number of methoxy groups -OCH3 is 1. The Bertz CT molecular complexity index is 1410. The maximum absolute atomic E-state index is 13.4. The number of hydrogen-bond acceptors (Lipinski definition) is 5. The second-order valence-corrected chi connectivity index (χ2v) is 9.37. The van der Waals surface area contributed by atoms with Gasteiger partial charge < -0.3 is 15.8 Å². The number of carbonyl (C=O) groups excluding carboxylic acids is 2. The molecule has 2 atom stereocenters. The molecule has 0 aliphatic rings. The highest BCUT2D eigenvalue weighted by Crippen LogP contribution is 2.22. The number of nitrogens with two attached hydrogens (primary N) is 1. The van der Waals surface area contributed by atoms with Gasteiger partial charge in [-0.3, -0.25) is 20.0 Å². The highest BCUT2D eigenvalue weighted by molar-refractivity contribution is 5.96. The molecule has 1 amide bonds. The van der Waals surface area contributed by atoms with Gasteiger partial charge in [0.1, 0.15) is 5.84 Å². The number of nitrogens with zero attached hydrogens (tertiary/aromatic N) is 1. The zero-order valence-corrected chi connectivity index (χ0v) is 21.8. The number of ether oxygens (including phenoxy) is 1. The predicted molar refractivity (Wildman–Crippen MR) is 152 cm³/mol. The Balaban J connectivity index is 1.59. The van der Waals surface area contributed by atoms with Crippen LogP contribution in [-0.4, -0.2) is 35.8 Å². The average Bonchev–Trinajstić information content (AvgIpc) is 2.99. The Morgan fingerprint density at radius 2 is 1.64 bits per heavy atom. The predicted octanol–water partition coefficient (Wildman–Crippen LogP) is 4.80. The van der Waals surface area contributed by atoms with Gasteiger partial charge in [0.05, 0.1) is 13.0 Å². The number of carbonyl (C=O) groups is 2. The minimum Gasteiger partial charge on any atom is -0.469 e. The van der Waals surface area contributed by atoms with Gasteiger partial charge >= 0.3 is 5.97 Å². The first-order valence-electron chi connectivity index (χ1n) is 12.8. The first kappa shape index (κ1) is 27.3. The number of aryl methyl sites for hydroxylation is 1. The number of aromatic nitrogens is 1. The van der Waals surface area contributed by atoms with E-state index in [4.69, 9.17) is 15.9 Å². The molecule has 1 aromatic heterocycles. The third-order valence-electron chi connectivity index (χ3n) is 6.73. The summed E-state index contributed by atoms with van der Waals surface area (Å²) in [5.74, 6) is -1.36. The molecule has 7 heteroatoms. The minimum absolute atomic E-state index is 0.0462. The van der Waals surface area contributed by atoms with Crippen LogP contribution in [0.3, 0.4) is 0 Å². The van der Waals surface area contributed by atoms with Crippen molar-refractivity contribution in [3.05, 3.63) is 126 Å². The molecule has 0 aliphatic heterocycles. The molecule has 3 aromatic carbocycles. The molecule has 0 radical (unpaired) electrons. The lowest BCUT2D eigenvalue weighted by atomic mass is 9.87. The number of benzene rings is 3. The summed E-state index contributed by atoms with van der Waals surface area (Å²) < 4.78 is 5.18. The molecule has 4 rings (SSSR count). The van der Waals surface area contributed by atoms with E-state index in [0.29, 0.717) is 30.4 Å². The van der Waals surface area contributed by atoms with E-state index >= 15 is 0 Å². The molecule has 4 aromatic rings. The van der Waals surface area contributed by atoms with Gasteiger partial charge in [-0.25, -0.2) is 0 Å². The molecule has 39 heavy (non-hydrogen) atoms. The van der Waals surface area contributed by atoms with Crippen LogP contribution < -0.4 is 11.1 Å². The third-order valence-corrected chi connectivity index (χ3v) is 6.73. The van der Waals surface area contributed by atoms with Crippen molar-refractivity contribution >= 4 is 17.7 Å². The number of rotatable bonds is 11. The zero-order chi connectivity index (χ0) is 27.6. The van der Waals surface area contributed by atoms with Gasteiger partial charge in [-0.15, -0.1) is 0 Å². The minimum atomic E-state index is -0.639. The fraction of sp³-hybridized carbons (Fsp3) is 0.188. The van der Waals surface area contributed by atoms with Crippen LogP contribution in [0.25, 0.3) is 11.1 Å². The summed E-state index contributed by atoms with van der Waals surface area (Å²) in [5.41, 5.74) is 10.6. The molecule has 0 aliphatic carbocycles. The van der Waals surface area contributed by atoms with Crippen LogP contribution in [0, 0.1) is 11.3 Å². The standard InChI is InChI=1S/C32H32N4O3/c1-39-32(38)28(20-23-9-5-10-26(19-23)30(33)34)29(17-12-22-7-3-2-4-8-22)36-31(37)25-15-13-24(14-16-25)27-11-6-18-35-21-27/h2-11,13-16,18-19,21,28-29H,12,17,20H2,1H3,(H3,33,34)(H,36,37)/t28-,29-/m1/s1. The van der Waals surface area contributed by atoms with Crippen molar-refractivity contribution in [3.8, 4) is 11.1 Å². The lowest BCUT2D eigenvalue weighted by molar-refractivity contribution is -0.146. The summed E-state index contributed by atoms with van der Waals surface area (Å²) in [6, 6.07) is 27.8. The molecule has 0 fully saturated rings. The molecule has 0 saturated carbocycles. The fourth-order valence-electron chi connectivity index (χ4n) is 4.60. The van der Waals surface area contributed by atoms with Crippen molar-refractivity contribution in [1.82, 2.24) is 10.3 Å². The van der Waals surface area contributed by atoms with Crippen molar-refractivity contribution in [2.75, 3.05) is 7.11 Å². The summed E-state index contributed by atoms with van der Waals surface area (Å²) in [5, 5.41) is 10.9. The summed E-state index contributed by atoms with van der Waals surface area (Å²) >= 11 is 0. The molecular formula is C32H32N4O3. The number of pyridine rings is 1. The Morgan fingerprint density at radius 3 is 2.31 bits per heavy atom. The van der Waals surface area contributed by atoms with Crippen molar-refractivity contribution < 1.29 is 14.3 Å². The smallest absolute Gasteiger partial charge is 0.311 e. The highest BCUT2D eigenvalue weighted by Gasteiger charge is 2.31. The van der Waals surface area contributed by atoms with Crippen molar-refractivity contribution in [3.63, 3.8) is 0 Å².